The van der Waals surface area contributed by atoms with E-state index in [4.69, 9.17) is 66.7 Å². The maximum absolute atomic E-state index is 12.6. The van der Waals surface area contributed by atoms with E-state index in [0.717, 1.165) is 44.3 Å². The Hall–Kier alpha value is -5.78. The minimum absolute atomic E-state index is 0.0342. The highest BCUT2D eigenvalue weighted by molar-refractivity contribution is 7.90. The third kappa shape index (κ3) is 66.6. The zero-order valence-corrected chi connectivity index (χ0v) is 61.3. The van der Waals surface area contributed by atoms with Crippen LogP contribution in [0.2, 0.25) is 0 Å². The lowest BCUT2D eigenvalue weighted by Crippen LogP contribution is -2.44. The number of nitrogens with one attached hydrogen (secondary N) is 7. The van der Waals surface area contributed by atoms with Gasteiger partial charge >= 0.3 is 11.9 Å². The number of aliphatic hydroxyl groups is 1. The number of aromatic nitrogens is 4. The Balaban J connectivity index is 1.91. The lowest BCUT2D eigenvalue weighted by Gasteiger charge is -2.17. The van der Waals surface area contributed by atoms with Crippen LogP contribution < -0.4 is 31.3 Å². The van der Waals surface area contributed by atoms with Crippen molar-refractivity contribution in [3.63, 3.8) is 0 Å². The molecule has 0 aliphatic heterocycles. The van der Waals surface area contributed by atoms with Crippen molar-refractivity contribution in [1.82, 2.24) is 51.9 Å². The summed E-state index contributed by atoms with van der Waals surface area (Å²) in [5.41, 5.74) is 0. The van der Waals surface area contributed by atoms with Crippen molar-refractivity contribution in [2.75, 3.05) is 204 Å². The Morgan fingerprint density at radius 3 is 1.07 bits per heavy atom. The van der Waals surface area contributed by atoms with Crippen LogP contribution in [0.3, 0.4) is 0 Å². The fraction of sp³-hybridized carbons (Fsp3) is 0.864. The second-order valence-electron chi connectivity index (χ2n) is 23.5. The number of unbranched alkanes of at least 4 members (excludes halogenated alkanes) is 12. The van der Waals surface area contributed by atoms with Crippen LogP contribution >= 0.6 is 0 Å². The van der Waals surface area contributed by atoms with Gasteiger partial charge in [-0.2, -0.15) is 0 Å². The first-order valence-corrected chi connectivity index (χ1v) is 38.0. The Kier molecular flexibility index (Phi) is 65.2. The molecule has 1 aromatic heterocycles. The number of hydrogen-bond acceptors (Lipinski definition) is 27. The average Bonchev–Trinajstić information content (AvgIpc) is 1.50. The number of tetrazole rings is 1. The summed E-state index contributed by atoms with van der Waals surface area (Å²) in [4.78, 5) is 97.5. The Morgan fingerprint density at radius 2 is 0.670 bits per heavy atom. The van der Waals surface area contributed by atoms with Crippen molar-refractivity contribution in [3.05, 3.63) is 5.82 Å². The van der Waals surface area contributed by atoms with E-state index in [1.54, 1.807) is 0 Å². The van der Waals surface area contributed by atoms with Gasteiger partial charge in [0.25, 0.3) is 0 Å². The summed E-state index contributed by atoms with van der Waals surface area (Å²) in [6, 6.07) is -2.92. The lowest BCUT2D eigenvalue weighted by atomic mass is 10.0. The van der Waals surface area contributed by atoms with Crippen LogP contribution in [0.5, 0.6) is 0 Å². The Labute approximate surface area is 606 Å². The molecule has 0 radical (unpaired) electrons. The maximum atomic E-state index is 12.6. The first-order chi connectivity index (χ1) is 50.1. The van der Waals surface area contributed by atoms with Crippen LogP contribution in [0.25, 0.3) is 0 Å². The third-order valence-corrected chi connectivity index (χ3v) is 16.1. The van der Waals surface area contributed by atoms with E-state index in [0.29, 0.717) is 158 Å². The second-order valence-corrected chi connectivity index (χ2v) is 25.3. The number of ether oxygens (including phenoxy) is 13. The number of aryl methyl sites for hydroxylation is 1. The summed E-state index contributed by atoms with van der Waals surface area (Å²) < 4.78 is 97.6. The third-order valence-electron chi connectivity index (χ3n) is 14.7. The average molecular weight is 1500 g/mol. The van der Waals surface area contributed by atoms with Gasteiger partial charge in [0.05, 0.1) is 184 Å². The smallest absolute Gasteiger partial charge is 0.326 e. The number of amides is 6. The molecule has 2 atom stereocenters. The number of carbonyl (C=O) groups is 8. The molecule has 0 aliphatic carbocycles. The monoisotopic (exact) mass is 1500 g/mol. The zero-order valence-electron chi connectivity index (χ0n) is 60.5. The summed E-state index contributed by atoms with van der Waals surface area (Å²) in [7, 11) is -3.93. The quantitative estimate of drug-likeness (QED) is 0.0404. The van der Waals surface area contributed by atoms with Gasteiger partial charge in [-0.3, -0.25) is 33.5 Å². The van der Waals surface area contributed by atoms with Gasteiger partial charge in [-0.1, -0.05) is 70.6 Å². The maximum Gasteiger partial charge on any atom is 0.326 e. The van der Waals surface area contributed by atoms with Gasteiger partial charge in [0.15, 0.2) is 0 Å². The normalized spacial score (nSPS) is 12.0. The zero-order chi connectivity index (χ0) is 75.0. The molecular weight excluding hydrogens is 1380 g/mol. The van der Waals surface area contributed by atoms with Crippen LogP contribution in [0, 0.1) is 0 Å². The molecule has 0 unspecified atom stereocenters. The predicted molar refractivity (Wildman–Crippen MR) is 372 cm³/mol. The largest absolute Gasteiger partial charge is 0.480 e. The van der Waals surface area contributed by atoms with Gasteiger partial charge in [-0.15, -0.1) is 5.10 Å². The first kappa shape index (κ1) is 95.2. The molecule has 1 aromatic rings. The molecule has 0 saturated carbocycles. The van der Waals surface area contributed by atoms with Crippen molar-refractivity contribution in [2.45, 2.75) is 166 Å². The number of hydrogen-bond donors (Lipinski definition) is 10. The van der Waals surface area contributed by atoms with E-state index in [1.165, 1.54) is 44.9 Å². The van der Waals surface area contributed by atoms with E-state index in [2.05, 4.69) is 51.9 Å². The minimum Gasteiger partial charge on any atom is -0.480 e. The minimum atomic E-state index is -3.93. The number of aliphatic carboxylic acids is 2. The topological polar surface area (TPSA) is 478 Å². The molecule has 0 aliphatic rings. The van der Waals surface area contributed by atoms with Gasteiger partial charge in [-0.05, 0) is 49.0 Å². The number of rotatable bonds is 79. The number of carboxylic acids is 2. The van der Waals surface area contributed by atoms with Crippen molar-refractivity contribution >= 4 is 57.4 Å². The molecule has 1 heterocycles. The van der Waals surface area contributed by atoms with Crippen LogP contribution in [-0.2, 0) is 116 Å². The predicted octanol–water partition coefficient (Wildman–Crippen LogP) is 0.856. The number of carbonyl (C=O) groups excluding carboxylic acids is 6. The molecule has 0 fully saturated rings. The highest BCUT2D eigenvalue weighted by Crippen LogP contribution is 2.14. The second kappa shape index (κ2) is 70.5. The Morgan fingerprint density at radius 1 is 0.350 bits per heavy atom. The van der Waals surface area contributed by atoms with Gasteiger partial charge < -0.3 is 103 Å². The molecule has 6 amide bonds. The SMILES string of the molecule is O=C(CCCS(=O)(=O)NC(=O)CCCCCCCCCCCCCCCc1nnn[nH]1)NCCCC(=O)N[C@@H](CCC(=O)N[C@@H](CCC(=O)NCCOCCOCCOCCOCCOCCOCCOCCOCCOCCOCCOCCOCCC(=O)NCCOCCO)C(=O)O)C(=O)O. The van der Waals surface area contributed by atoms with Crippen molar-refractivity contribution in [3.8, 4) is 0 Å². The number of sulfonamides is 1. The number of carboxylic acid groups (broad SMARTS) is 2. The summed E-state index contributed by atoms with van der Waals surface area (Å²) in [5, 5.41) is 54.2. The van der Waals surface area contributed by atoms with Crippen LogP contribution in [-0.4, -0.2) is 308 Å². The number of aliphatic hydroxyl groups excluding tert-OH is 1. The molecule has 36 nitrogen and oxygen atoms in total. The van der Waals surface area contributed by atoms with E-state index in [-0.39, 0.29) is 110 Å². The summed E-state index contributed by atoms with van der Waals surface area (Å²) in [6.07, 6.45) is 13.8. The summed E-state index contributed by atoms with van der Waals surface area (Å²) in [5.74, 6) is -5.56. The van der Waals surface area contributed by atoms with Gasteiger partial charge in [0.1, 0.15) is 17.9 Å². The van der Waals surface area contributed by atoms with Gasteiger partial charge in [0.2, 0.25) is 45.5 Å². The fourth-order valence-corrected chi connectivity index (χ4v) is 10.3. The number of H-pyrrole nitrogens is 1. The molecule has 0 saturated heterocycles. The Bertz CT molecular complexity index is 2380. The van der Waals surface area contributed by atoms with Crippen molar-refractivity contribution < 1.29 is 124 Å². The highest BCUT2D eigenvalue weighted by atomic mass is 32.2. The molecule has 1 rings (SSSR count). The van der Waals surface area contributed by atoms with E-state index in [9.17, 15) is 57.0 Å². The lowest BCUT2D eigenvalue weighted by molar-refractivity contribution is -0.143. The highest BCUT2D eigenvalue weighted by Gasteiger charge is 2.25. The summed E-state index contributed by atoms with van der Waals surface area (Å²) in [6.45, 7) is 10.3. The molecular formula is C66H122N10O26S. The van der Waals surface area contributed by atoms with Gasteiger partial charge in [0, 0.05) is 64.6 Å². The van der Waals surface area contributed by atoms with Crippen LogP contribution in [0.1, 0.15) is 154 Å². The fourth-order valence-electron chi connectivity index (χ4n) is 9.22. The molecule has 103 heavy (non-hydrogen) atoms. The first-order valence-electron chi connectivity index (χ1n) is 36.3. The number of nitrogens with zero attached hydrogens (tertiary/aromatic N) is 3. The van der Waals surface area contributed by atoms with Gasteiger partial charge in [-0.25, -0.2) is 23.1 Å². The van der Waals surface area contributed by atoms with E-state index < -0.39 is 75.8 Å². The standard InChI is InChI=1S/C66H122N10O26S/c77-28-32-91-30-26-69-61(80)24-29-90-33-35-93-37-39-95-41-43-97-45-47-99-49-51-101-53-54-102-52-50-100-48-46-98-44-42-96-40-38-94-36-34-92-31-27-68-60(79)22-20-56(65(84)85)71-63(82)23-21-57(66(86)87)70-62(81)18-14-25-67-59(78)19-15-55-103(88,89)74-64(83)17-13-11-9-7-5-3-1-2-4-6-8-10-12-16-58-72-75-76-73-58/h56-57,77H,1-55H2,(H,67,78)(H,68,79)(H,69,80)(H,70,81)(H,71,82)(H,74,83)(H,84,85)(H,86,87)(H,72,73,75,76)/t56-,57-/m0/s1. The van der Waals surface area contributed by atoms with E-state index in [1.807, 2.05) is 0 Å². The molecule has 0 spiro atoms. The molecule has 0 bridgehead atoms. The molecule has 10 N–H and O–H groups in total. The molecule has 598 valence electrons. The molecule has 0 aromatic carbocycles. The van der Waals surface area contributed by atoms with Crippen LogP contribution in [0.15, 0.2) is 0 Å². The molecule has 37 heteroatoms. The summed E-state index contributed by atoms with van der Waals surface area (Å²) >= 11 is 0. The van der Waals surface area contributed by atoms with Crippen molar-refractivity contribution in [2.24, 2.45) is 0 Å². The van der Waals surface area contributed by atoms with Crippen molar-refractivity contribution in [1.29, 1.82) is 0 Å². The number of aromatic amines is 1. The van der Waals surface area contributed by atoms with Crippen LogP contribution in [0.4, 0.5) is 0 Å². The van der Waals surface area contributed by atoms with E-state index >= 15 is 0 Å².